The fraction of sp³-hybridized carbons (Fsp3) is 0.320. The maximum absolute atomic E-state index is 13.2. The van der Waals surface area contributed by atoms with Crippen LogP contribution in [0.15, 0.2) is 60.9 Å². The molecule has 1 N–H and O–H groups in total. The Morgan fingerprint density at radius 3 is 2.55 bits per heavy atom. The van der Waals surface area contributed by atoms with E-state index in [-0.39, 0.29) is 24.7 Å². The fourth-order valence-electron chi connectivity index (χ4n) is 3.51. The molecule has 1 aromatic heterocycles. The van der Waals surface area contributed by atoms with Gasteiger partial charge in [-0.2, -0.15) is 0 Å². The highest BCUT2D eigenvalue weighted by atomic mass is 19.1. The smallest absolute Gasteiger partial charge is 0.227 e. The lowest BCUT2D eigenvalue weighted by Gasteiger charge is -2.26. The van der Waals surface area contributed by atoms with Crippen molar-refractivity contribution < 1.29 is 18.7 Å². The number of nitrogens with zero attached hydrogens (tertiary/aromatic N) is 3. The van der Waals surface area contributed by atoms with E-state index in [4.69, 9.17) is 9.47 Å². The Morgan fingerprint density at radius 2 is 1.82 bits per heavy atom. The molecule has 1 saturated heterocycles. The Balaban J connectivity index is 1.23. The number of aromatic nitrogens is 2. The number of halogens is 1. The lowest BCUT2D eigenvalue weighted by atomic mass is 10.1. The summed E-state index contributed by atoms with van der Waals surface area (Å²) in [5, 5.41) is 2.76. The van der Waals surface area contributed by atoms with Crippen LogP contribution in [0, 0.1) is 5.82 Å². The van der Waals surface area contributed by atoms with Crippen molar-refractivity contribution in [2.75, 3.05) is 39.5 Å². The first-order chi connectivity index (χ1) is 16.2. The van der Waals surface area contributed by atoms with E-state index in [9.17, 15) is 9.18 Å². The van der Waals surface area contributed by atoms with Gasteiger partial charge in [-0.1, -0.05) is 24.3 Å². The van der Waals surface area contributed by atoms with E-state index in [0.717, 1.165) is 49.7 Å². The molecular formula is C25H27FN4O3. The van der Waals surface area contributed by atoms with Crippen LogP contribution in [0.1, 0.15) is 11.4 Å². The van der Waals surface area contributed by atoms with Crippen molar-refractivity contribution in [1.29, 1.82) is 0 Å². The molecule has 1 fully saturated rings. The van der Waals surface area contributed by atoms with E-state index in [1.165, 1.54) is 12.1 Å². The van der Waals surface area contributed by atoms with Gasteiger partial charge < -0.3 is 14.8 Å². The van der Waals surface area contributed by atoms with Crippen LogP contribution in [0.25, 0.3) is 11.1 Å². The minimum absolute atomic E-state index is 0.0610. The average molecular weight is 451 g/mol. The van der Waals surface area contributed by atoms with Crippen LogP contribution < -0.4 is 10.1 Å². The predicted octanol–water partition coefficient (Wildman–Crippen LogP) is 2.85. The van der Waals surface area contributed by atoms with Gasteiger partial charge in [0.1, 0.15) is 24.0 Å². The van der Waals surface area contributed by atoms with Gasteiger partial charge in [0.2, 0.25) is 5.91 Å². The summed E-state index contributed by atoms with van der Waals surface area (Å²) in [5.74, 6) is 0.705. The summed E-state index contributed by atoms with van der Waals surface area (Å²) >= 11 is 0. The second-order valence-electron chi connectivity index (χ2n) is 7.80. The van der Waals surface area contributed by atoms with Crippen LogP contribution in [-0.4, -0.2) is 60.2 Å². The largest absolute Gasteiger partial charge is 0.492 e. The van der Waals surface area contributed by atoms with Gasteiger partial charge in [0.25, 0.3) is 0 Å². The molecule has 0 radical (unpaired) electrons. The monoisotopic (exact) mass is 450 g/mol. The van der Waals surface area contributed by atoms with Gasteiger partial charge in [-0.15, -0.1) is 0 Å². The maximum atomic E-state index is 13.2. The molecule has 0 bridgehead atoms. The molecule has 0 aliphatic carbocycles. The number of carbonyl (C=O) groups is 1. The van der Waals surface area contributed by atoms with Crippen LogP contribution in [0.3, 0.4) is 0 Å². The summed E-state index contributed by atoms with van der Waals surface area (Å²) in [4.78, 5) is 23.1. The van der Waals surface area contributed by atoms with Crippen molar-refractivity contribution in [3.63, 3.8) is 0 Å². The van der Waals surface area contributed by atoms with Gasteiger partial charge in [0.05, 0.1) is 19.6 Å². The maximum Gasteiger partial charge on any atom is 0.227 e. The van der Waals surface area contributed by atoms with Crippen LogP contribution >= 0.6 is 0 Å². The zero-order chi connectivity index (χ0) is 22.9. The number of ether oxygens (including phenoxy) is 2. The third kappa shape index (κ3) is 7.06. The number of amides is 1. The molecule has 0 spiro atoms. The summed E-state index contributed by atoms with van der Waals surface area (Å²) in [6, 6.07) is 13.9. The number of rotatable bonds is 9. The van der Waals surface area contributed by atoms with E-state index in [2.05, 4.69) is 20.2 Å². The van der Waals surface area contributed by atoms with Crippen LogP contribution in [0.5, 0.6) is 5.75 Å². The molecular weight excluding hydrogens is 423 g/mol. The second kappa shape index (κ2) is 11.5. The molecule has 2 aromatic carbocycles. The first-order valence-corrected chi connectivity index (χ1v) is 11.0. The van der Waals surface area contributed by atoms with Gasteiger partial charge in [-0.05, 0) is 35.4 Å². The summed E-state index contributed by atoms with van der Waals surface area (Å²) in [6.07, 6.45) is 3.47. The zero-order valence-corrected chi connectivity index (χ0v) is 18.4. The minimum Gasteiger partial charge on any atom is -0.492 e. The van der Waals surface area contributed by atoms with Crippen LogP contribution in [-0.2, 0) is 22.5 Å². The number of carbonyl (C=O) groups excluding carboxylic acids is 1. The highest BCUT2D eigenvalue weighted by Gasteiger charge is 2.10. The van der Waals surface area contributed by atoms with E-state index in [0.29, 0.717) is 18.0 Å². The lowest BCUT2D eigenvalue weighted by molar-refractivity contribution is -0.120. The lowest BCUT2D eigenvalue weighted by Crippen LogP contribution is -2.38. The number of nitrogens with one attached hydrogen (secondary N) is 1. The standard InChI is InChI=1S/C25H27FN4O3/c26-22-3-1-2-19(14-22)16-29-25(31)15-24-27-17-21(18-28-24)20-4-6-23(7-5-20)33-13-10-30-8-11-32-12-9-30/h1-7,14,17-18H,8-13,15-16H2,(H,29,31). The van der Waals surface area contributed by atoms with Gasteiger partial charge in [0, 0.05) is 44.1 Å². The van der Waals surface area contributed by atoms with Crippen molar-refractivity contribution in [3.05, 3.63) is 78.1 Å². The highest BCUT2D eigenvalue weighted by molar-refractivity contribution is 5.77. The van der Waals surface area contributed by atoms with Gasteiger partial charge in [0.15, 0.2) is 0 Å². The first kappa shape index (κ1) is 22.8. The molecule has 1 aliphatic heterocycles. The molecule has 3 aromatic rings. The molecule has 1 aliphatic rings. The first-order valence-electron chi connectivity index (χ1n) is 11.0. The number of benzene rings is 2. The van der Waals surface area contributed by atoms with E-state index in [1.807, 2.05) is 24.3 Å². The molecule has 8 heteroatoms. The molecule has 33 heavy (non-hydrogen) atoms. The molecule has 2 heterocycles. The van der Waals surface area contributed by atoms with Crippen LogP contribution in [0.2, 0.25) is 0 Å². The minimum atomic E-state index is -0.326. The Bertz CT molecular complexity index is 1040. The third-order valence-corrected chi connectivity index (χ3v) is 5.37. The molecule has 0 saturated carbocycles. The summed E-state index contributed by atoms with van der Waals surface area (Å²) in [7, 11) is 0. The Morgan fingerprint density at radius 1 is 1.06 bits per heavy atom. The van der Waals surface area contributed by atoms with Gasteiger partial charge >= 0.3 is 0 Å². The van der Waals surface area contributed by atoms with Crippen molar-refractivity contribution in [2.45, 2.75) is 13.0 Å². The molecule has 1 amide bonds. The summed E-state index contributed by atoms with van der Waals surface area (Å²) < 4.78 is 24.4. The average Bonchev–Trinajstić information content (AvgIpc) is 2.85. The van der Waals surface area contributed by atoms with Crippen LogP contribution in [0.4, 0.5) is 4.39 Å². The number of morpholine rings is 1. The van der Waals surface area contributed by atoms with Gasteiger partial charge in [-0.25, -0.2) is 14.4 Å². The SMILES string of the molecule is O=C(Cc1ncc(-c2ccc(OCCN3CCOCC3)cc2)cn1)NCc1cccc(F)c1. The van der Waals surface area contributed by atoms with Crippen molar-refractivity contribution in [1.82, 2.24) is 20.2 Å². The quantitative estimate of drug-likeness (QED) is 0.540. The third-order valence-electron chi connectivity index (χ3n) is 5.37. The normalized spacial score (nSPS) is 14.1. The van der Waals surface area contributed by atoms with Gasteiger partial charge in [-0.3, -0.25) is 9.69 Å². The number of hydrogen-bond donors (Lipinski definition) is 1. The fourth-order valence-corrected chi connectivity index (χ4v) is 3.51. The Labute approximate surface area is 192 Å². The molecule has 7 nitrogen and oxygen atoms in total. The number of hydrogen-bond acceptors (Lipinski definition) is 6. The highest BCUT2D eigenvalue weighted by Crippen LogP contribution is 2.21. The zero-order valence-electron chi connectivity index (χ0n) is 18.4. The van der Waals surface area contributed by atoms with Crippen molar-refractivity contribution >= 4 is 5.91 Å². The predicted molar refractivity (Wildman–Crippen MR) is 122 cm³/mol. The van der Waals surface area contributed by atoms with Crippen molar-refractivity contribution in [3.8, 4) is 16.9 Å². The summed E-state index contributed by atoms with van der Waals surface area (Å²) in [6.45, 7) is 5.26. The van der Waals surface area contributed by atoms with E-state index >= 15 is 0 Å². The second-order valence-corrected chi connectivity index (χ2v) is 7.80. The molecule has 172 valence electrons. The molecule has 4 rings (SSSR count). The van der Waals surface area contributed by atoms with E-state index < -0.39 is 0 Å². The summed E-state index contributed by atoms with van der Waals surface area (Å²) in [5.41, 5.74) is 2.53. The van der Waals surface area contributed by atoms with Crippen molar-refractivity contribution in [2.24, 2.45) is 0 Å². The Hall–Kier alpha value is -3.36. The van der Waals surface area contributed by atoms with E-state index in [1.54, 1.807) is 24.5 Å². The molecule has 0 unspecified atom stereocenters. The Kier molecular flexibility index (Phi) is 7.94. The topological polar surface area (TPSA) is 76.6 Å². The molecule has 0 atom stereocenters.